The Morgan fingerprint density at radius 3 is 2.55 bits per heavy atom. The number of aryl methyl sites for hydroxylation is 1. The van der Waals surface area contributed by atoms with Crippen LogP contribution in [0.15, 0.2) is 47.4 Å². The molecule has 0 fully saturated rings. The van der Waals surface area contributed by atoms with Gasteiger partial charge in [0, 0.05) is 18.3 Å². The standard InChI is InChI=1S/C22H26N4O3/c1-5-6-9-18-25-19-17(8-7-14-23-19)20(27)26(18)16-12-10-15(11-13-16)24-21(28)29-22(2,3)4/h7-8,10-14H,5-6,9H2,1-4H3,(H,24,28). The van der Waals surface area contributed by atoms with E-state index in [9.17, 15) is 9.59 Å². The van der Waals surface area contributed by atoms with Crippen LogP contribution in [0.5, 0.6) is 0 Å². The van der Waals surface area contributed by atoms with Gasteiger partial charge in [0.2, 0.25) is 0 Å². The molecule has 2 heterocycles. The zero-order valence-electron chi connectivity index (χ0n) is 17.2. The predicted molar refractivity (Wildman–Crippen MR) is 114 cm³/mol. The smallest absolute Gasteiger partial charge is 0.412 e. The molecule has 29 heavy (non-hydrogen) atoms. The van der Waals surface area contributed by atoms with Crippen LogP contribution in [0.3, 0.4) is 0 Å². The molecule has 0 aliphatic carbocycles. The number of amides is 1. The van der Waals surface area contributed by atoms with Crippen molar-refractivity contribution < 1.29 is 9.53 Å². The first-order valence-electron chi connectivity index (χ1n) is 9.75. The number of pyridine rings is 1. The van der Waals surface area contributed by atoms with E-state index in [1.807, 2.05) is 20.8 Å². The van der Waals surface area contributed by atoms with Crippen LogP contribution in [0.2, 0.25) is 0 Å². The number of rotatable bonds is 5. The SMILES string of the molecule is CCCCc1nc2ncccc2c(=O)n1-c1ccc(NC(=O)OC(C)(C)C)cc1. The second-order valence-electron chi connectivity index (χ2n) is 7.82. The van der Waals surface area contributed by atoms with E-state index in [-0.39, 0.29) is 5.56 Å². The molecule has 0 saturated heterocycles. The molecule has 7 nitrogen and oxygen atoms in total. The molecule has 0 saturated carbocycles. The molecule has 0 atom stereocenters. The fraction of sp³-hybridized carbons (Fsp3) is 0.364. The maximum absolute atomic E-state index is 13.1. The minimum Gasteiger partial charge on any atom is -0.444 e. The molecule has 2 aromatic heterocycles. The molecule has 0 bridgehead atoms. The maximum Gasteiger partial charge on any atom is 0.412 e. The first-order chi connectivity index (χ1) is 13.8. The number of nitrogens with zero attached hydrogens (tertiary/aromatic N) is 3. The zero-order valence-corrected chi connectivity index (χ0v) is 17.2. The summed E-state index contributed by atoms with van der Waals surface area (Å²) in [6.07, 6.45) is 3.71. The summed E-state index contributed by atoms with van der Waals surface area (Å²) >= 11 is 0. The Morgan fingerprint density at radius 1 is 1.17 bits per heavy atom. The number of unbranched alkanes of at least 4 members (excludes halogenated alkanes) is 1. The number of hydrogen-bond acceptors (Lipinski definition) is 5. The van der Waals surface area contributed by atoms with Crippen LogP contribution in [0.25, 0.3) is 16.7 Å². The minimum atomic E-state index is -0.573. The monoisotopic (exact) mass is 394 g/mol. The van der Waals surface area contributed by atoms with Gasteiger partial charge in [-0.05, 0) is 63.6 Å². The van der Waals surface area contributed by atoms with Crippen molar-refractivity contribution in [2.45, 2.75) is 52.6 Å². The van der Waals surface area contributed by atoms with Gasteiger partial charge in [0.15, 0.2) is 5.65 Å². The molecular weight excluding hydrogens is 368 g/mol. The van der Waals surface area contributed by atoms with E-state index in [0.29, 0.717) is 34.7 Å². The van der Waals surface area contributed by atoms with Gasteiger partial charge in [-0.25, -0.2) is 14.8 Å². The lowest BCUT2D eigenvalue weighted by atomic mass is 10.2. The molecule has 1 amide bonds. The summed E-state index contributed by atoms with van der Waals surface area (Å²) in [7, 11) is 0. The van der Waals surface area contributed by atoms with Crippen LogP contribution >= 0.6 is 0 Å². The molecule has 7 heteroatoms. The van der Waals surface area contributed by atoms with E-state index in [4.69, 9.17) is 4.74 Å². The summed E-state index contributed by atoms with van der Waals surface area (Å²) in [5, 5.41) is 3.17. The lowest BCUT2D eigenvalue weighted by molar-refractivity contribution is 0.0636. The number of carbonyl (C=O) groups is 1. The molecule has 0 aliphatic rings. The Morgan fingerprint density at radius 2 is 1.90 bits per heavy atom. The lowest BCUT2D eigenvalue weighted by Gasteiger charge is -2.19. The van der Waals surface area contributed by atoms with Gasteiger partial charge in [0.1, 0.15) is 11.4 Å². The second kappa shape index (κ2) is 8.43. The highest BCUT2D eigenvalue weighted by atomic mass is 16.6. The molecule has 1 aromatic carbocycles. The van der Waals surface area contributed by atoms with E-state index in [0.717, 1.165) is 12.8 Å². The number of fused-ring (bicyclic) bond motifs is 1. The number of anilines is 1. The summed E-state index contributed by atoms with van der Waals surface area (Å²) in [6.45, 7) is 7.52. The van der Waals surface area contributed by atoms with Crippen molar-refractivity contribution in [1.29, 1.82) is 0 Å². The van der Waals surface area contributed by atoms with Crippen molar-refractivity contribution in [3.8, 4) is 5.69 Å². The third-order valence-electron chi connectivity index (χ3n) is 4.24. The first-order valence-corrected chi connectivity index (χ1v) is 9.75. The van der Waals surface area contributed by atoms with Crippen molar-refractivity contribution in [1.82, 2.24) is 14.5 Å². The first kappa shape index (κ1) is 20.5. The van der Waals surface area contributed by atoms with E-state index < -0.39 is 11.7 Å². The average molecular weight is 394 g/mol. The van der Waals surface area contributed by atoms with Gasteiger partial charge in [-0.15, -0.1) is 0 Å². The number of ether oxygens (including phenoxy) is 1. The Balaban J connectivity index is 1.96. The highest BCUT2D eigenvalue weighted by molar-refractivity contribution is 5.85. The van der Waals surface area contributed by atoms with E-state index in [2.05, 4.69) is 22.2 Å². The minimum absolute atomic E-state index is 0.151. The van der Waals surface area contributed by atoms with Crippen molar-refractivity contribution >= 4 is 22.8 Å². The number of aromatic nitrogens is 3. The molecule has 0 spiro atoms. The van der Waals surface area contributed by atoms with Gasteiger partial charge >= 0.3 is 6.09 Å². The lowest BCUT2D eigenvalue weighted by Crippen LogP contribution is -2.27. The maximum atomic E-state index is 13.1. The number of benzene rings is 1. The normalized spacial score (nSPS) is 11.4. The summed E-state index contributed by atoms with van der Waals surface area (Å²) < 4.78 is 6.89. The fourth-order valence-electron chi connectivity index (χ4n) is 2.95. The van der Waals surface area contributed by atoms with Crippen molar-refractivity contribution in [2.24, 2.45) is 0 Å². The van der Waals surface area contributed by atoms with E-state index >= 15 is 0 Å². The third-order valence-corrected chi connectivity index (χ3v) is 4.24. The van der Waals surface area contributed by atoms with Crippen molar-refractivity contribution in [3.63, 3.8) is 0 Å². The van der Waals surface area contributed by atoms with Crippen molar-refractivity contribution in [3.05, 3.63) is 58.8 Å². The van der Waals surface area contributed by atoms with Gasteiger partial charge in [-0.3, -0.25) is 14.7 Å². The predicted octanol–water partition coefficient (Wildman–Crippen LogP) is 4.47. The van der Waals surface area contributed by atoms with Crippen LogP contribution in [0.1, 0.15) is 46.4 Å². The summed E-state index contributed by atoms with van der Waals surface area (Å²) in [5.41, 5.74) is 1.01. The average Bonchev–Trinajstić information content (AvgIpc) is 2.66. The quantitative estimate of drug-likeness (QED) is 0.690. The molecule has 0 aliphatic heterocycles. The fourth-order valence-corrected chi connectivity index (χ4v) is 2.95. The third kappa shape index (κ3) is 4.99. The largest absolute Gasteiger partial charge is 0.444 e. The molecule has 152 valence electrons. The second-order valence-corrected chi connectivity index (χ2v) is 7.82. The summed E-state index contributed by atoms with van der Waals surface area (Å²) in [5.74, 6) is 0.677. The van der Waals surface area contributed by atoms with Gasteiger partial charge < -0.3 is 4.74 Å². The summed E-state index contributed by atoms with van der Waals surface area (Å²) in [4.78, 5) is 33.9. The highest BCUT2D eigenvalue weighted by Crippen LogP contribution is 2.17. The van der Waals surface area contributed by atoms with Gasteiger partial charge in [-0.1, -0.05) is 13.3 Å². The Labute approximate surface area is 169 Å². The van der Waals surface area contributed by atoms with E-state index in [1.165, 1.54) is 0 Å². The topological polar surface area (TPSA) is 86.1 Å². The van der Waals surface area contributed by atoms with E-state index in [1.54, 1.807) is 47.2 Å². The number of carbonyl (C=O) groups excluding carboxylic acids is 1. The molecule has 1 N–H and O–H groups in total. The molecule has 0 radical (unpaired) electrons. The molecular formula is C22H26N4O3. The van der Waals surface area contributed by atoms with Crippen LogP contribution < -0.4 is 10.9 Å². The van der Waals surface area contributed by atoms with Gasteiger partial charge in [-0.2, -0.15) is 0 Å². The Hall–Kier alpha value is -3.22. The zero-order chi connectivity index (χ0) is 21.0. The van der Waals surface area contributed by atoms with Crippen LogP contribution in [0, 0.1) is 0 Å². The van der Waals surface area contributed by atoms with Crippen LogP contribution in [-0.4, -0.2) is 26.2 Å². The summed E-state index contributed by atoms with van der Waals surface area (Å²) in [6, 6.07) is 10.5. The van der Waals surface area contributed by atoms with Gasteiger partial charge in [0.05, 0.1) is 11.1 Å². The number of nitrogens with one attached hydrogen (secondary N) is 1. The molecule has 3 aromatic rings. The Bertz CT molecular complexity index is 1070. The molecule has 3 rings (SSSR count). The van der Waals surface area contributed by atoms with Crippen molar-refractivity contribution in [2.75, 3.05) is 5.32 Å². The van der Waals surface area contributed by atoms with Gasteiger partial charge in [0.25, 0.3) is 5.56 Å². The van der Waals surface area contributed by atoms with Crippen LogP contribution in [0.4, 0.5) is 10.5 Å². The highest BCUT2D eigenvalue weighted by Gasteiger charge is 2.17. The molecule has 0 unspecified atom stereocenters. The Kier molecular flexibility index (Phi) is 5.96. The van der Waals surface area contributed by atoms with Crippen LogP contribution in [-0.2, 0) is 11.2 Å². The number of hydrogen-bond donors (Lipinski definition) is 1.